The predicted octanol–water partition coefficient (Wildman–Crippen LogP) is 0.970. The molecule has 1 N–H and O–H groups in total. The van der Waals surface area contributed by atoms with Crippen LogP contribution in [0.4, 0.5) is 0 Å². The Balaban J connectivity index is 2.49. The molecule has 0 radical (unpaired) electrons. The highest BCUT2D eigenvalue weighted by atomic mass is 16.4. The third-order valence-electron chi connectivity index (χ3n) is 2.34. The standard InChI is InChI=1S/C10H9NO3/c1-11-5-7-4-6(10(13)14)2-3-8(7)9(11)12/h2-4H,5H2,1H3,(H,13,14). The van der Waals surface area contributed by atoms with E-state index in [9.17, 15) is 9.59 Å². The van der Waals surface area contributed by atoms with Gasteiger partial charge in [-0.1, -0.05) is 0 Å². The van der Waals surface area contributed by atoms with Crippen LogP contribution in [0.2, 0.25) is 0 Å². The molecule has 0 saturated heterocycles. The minimum Gasteiger partial charge on any atom is -0.478 e. The summed E-state index contributed by atoms with van der Waals surface area (Å²) in [6, 6.07) is 4.59. The van der Waals surface area contributed by atoms with E-state index in [0.29, 0.717) is 12.1 Å². The molecule has 1 aromatic rings. The van der Waals surface area contributed by atoms with E-state index in [1.807, 2.05) is 0 Å². The van der Waals surface area contributed by atoms with Crippen LogP contribution in [-0.4, -0.2) is 28.9 Å². The number of carboxylic acid groups (broad SMARTS) is 1. The Hall–Kier alpha value is -1.84. The van der Waals surface area contributed by atoms with E-state index in [1.54, 1.807) is 24.1 Å². The second kappa shape index (κ2) is 2.83. The van der Waals surface area contributed by atoms with Crippen molar-refractivity contribution in [3.05, 3.63) is 34.9 Å². The van der Waals surface area contributed by atoms with Crippen molar-refractivity contribution in [2.24, 2.45) is 0 Å². The maximum absolute atomic E-state index is 11.5. The molecule has 1 aliphatic rings. The van der Waals surface area contributed by atoms with Crippen LogP contribution in [0.25, 0.3) is 0 Å². The molecular weight excluding hydrogens is 182 g/mol. The molecule has 0 unspecified atom stereocenters. The predicted molar refractivity (Wildman–Crippen MR) is 49.2 cm³/mol. The van der Waals surface area contributed by atoms with Crippen molar-refractivity contribution in [2.45, 2.75) is 6.54 Å². The molecule has 0 bridgehead atoms. The summed E-state index contributed by atoms with van der Waals surface area (Å²) in [4.78, 5) is 23.7. The highest BCUT2D eigenvalue weighted by Crippen LogP contribution is 2.22. The fourth-order valence-electron chi connectivity index (χ4n) is 1.60. The Bertz CT molecular complexity index is 425. The van der Waals surface area contributed by atoms with Crippen molar-refractivity contribution in [1.29, 1.82) is 0 Å². The summed E-state index contributed by atoms with van der Waals surface area (Å²) in [6.07, 6.45) is 0. The number of hydrogen-bond donors (Lipinski definition) is 1. The topological polar surface area (TPSA) is 57.6 Å². The number of aromatic carboxylic acids is 1. The Morgan fingerprint density at radius 1 is 1.50 bits per heavy atom. The maximum Gasteiger partial charge on any atom is 0.335 e. The second-order valence-corrected chi connectivity index (χ2v) is 3.34. The van der Waals surface area contributed by atoms with Gasteiger partial charge in [-0.2, -0.15) is 0 Å². The first kappa shape index (κ1) is 8.74. The van der Waals surface area contributed by atoms with Crippen LogP contribution in [0.5, 0.6) is 0 Å². The zero-order chi connectivity index (χ0) is 10.3. The summed E-state index contributed by atoms with van der Waals surface area (Å²) in [5, 5.41) is 8.75. The summed E-state index contributed by atoms with van der Waals surface area (Å²) < 4.78 is 0. The molecule has 1 amide bonds. The smallest absolute Gasteiger partial charge is 0.335 e. The lowest BCUT2D eigenvalue weighted by Gasteiger charge is -2.04. The number of rotatable bonds is 1. The Morgan fingerprint density at radius 3 is 2.86 bits per heavy atom. The molecule has 1 heterocycles. The molecule has 0 atom stereocenters. The van der Waals surface area contributed by atoms with E-state index in [1.165, 1.54) is 6.07 Å². The molecule has 14 heavy (non-hydrogen) atoms. The SMILES string of the molecule is CN1Cc2cc(C(=O)O)ccc2C1=O. The second-order valence-electron chi connectivity index (χ2n) is 3.34. The van der Waals surface area contributed by atoms with Crippen LogP contribution >= 0.6 is 0 Å². The average Bonchev–Trinajstić information content (AvgIpc) is 2.42. The van der Waals surface area contributed by atoms with Gasteiger partial charge in [0.15, 0.2) is 0 Å². The van der Waals surface area contributed by atoms with Crippen LogP contribution in [0.3, 0.4) is 0 Å². The molecule has 0 fully saturated rings. The first-order valence-electron chi connectivity index (χ1n) is 4.21. The lowest BCUT2D eigenvalue weighted by molar-refractivity contribution is 0.0696. The van der Waals surface area contributed by atoms with Gasteiger partial charge in [-0.3, -0.25) is 4.79 Å². The average molecular weight is 191 g/mol. The molecule has 0 aliphatic carbocycles. The molecule has 2 rings (SSSR count). The van der Waals surface area contributed by atoms with Crippen molar-refractivity contribution in [2.75, 3.05) is 7.05 Å². The van der Waals surface area contributed by atoms with Crippen LogP contribution < -0.4 is 0 Å². The molecule has 0 saturated carbocycles. The highest BCUT2D eigenvalue weighted by molar-refractivity contribution is 5.99. The minimum absolute atomic E-state index is 0.0445. The molecule has 4 heteroatoms. The lowest BCUT2D eigenvalue weighted by atomic mass is 10.1. The van der Waals surface area contributed by atoms with Crippen molar-refractivity contribution in [1.82, 2.24) is 4.90 Å². The summed E-state index contributed by atoms with van der Waals surface area (Å²) in [6.45, 7) is 0.495. The Labute approximate surface area is 80.8 Å². The summed E-state index contributed by atoms with van der Waals surface area (Å²) in [5.74, 6) is -1.01. The summed E-state index contributed by atoms with van der Waals surface area (Å²) in [5.41, 5.74) is 1.63. The largest absolute Gasteiger partial charge is 0.478 e. The Morgan fingerprint density at radius 2 is 2.21 bits per heavy atom. The monoisotopic (exact) mass is 191 g/mol. The Kier molecular flexibility index (Phi) is 1.77. The molecule has 4 nitrogen and oxygen atoms in total. The number of carboxylic acids is 1. The van der Waals surface area contributed by atoms with E-state index >= 15 is 0 Å². The maximum atomic E-state index is 11.5. The third kappa shape index (κ3) is 1.16. The minimum atomic E-state index is -0.963. The van der Waals surface area contributed by atoms with Gasteiger partial charge in [0, 0.05) is 19.2 Å². The van der Waals surface area contributed by atoms with Gasteiger partial charge < -0.3 is 10.0 Å². The molecule has 72 valence electrons. The van der Waals surface area contributed by atoms with Gasteiger partial charge in [0.1, 0.15) is 0 Å². The van der Waals surface area contributed by atoms with Crippen LogP contribution in [0.15, 0.2) is 18.2 Å². The van der Waals surface area contributed by atoms with E-state index < -0.39 is 5.97 Å². The van der Waals surface area contributed by atoms with E-state index in [2.05, 4.69) is 0 Å². The fraction of sp³-hybridized carbons (Fsp3) is 0.200. The fourth-order valence-corrected chi connectivity index (χ4v) is 1.60. The van der Waals surface area contributed by atoms with Crippen molar-refractivity contribution in [3.8, 4) is 0 Å². The number of fused-ring (bicyclic) bond motifs is 1. The number of carbonyl (C=O) groups is 2. The zero-order valence-corrected chi connectivity index (χ0v) is 7.65. The van der Waals surface area contributed by atoms with Crippen molar-refractivity contribution < 1.29 is 14.7 Å². The van der Waals surface area contributed by atoms with Gasteiger partial charge in [0.05, 0.1) is 5.56 Å². The first-order chi connectivity index (χ1) is 6.59. The summed E-state index contributed by atoms with van der Waals surface area (Å²) >= 11 is 0. The van der Waals surface area contributed by atoms with E-state index in [0.717, 1.165) is 5.56 Å². The molecule has 0 aromatic heterocycles. The van der Waals surface area contributed by atoms with Crippen LogP contribution in [-0.2, 0) is 6.54 Å². The number of benzene rings is 1. The van der Waals surface area contributed by atoms with Crippen molar-refractivity contribution in [3.63, 3.8) is 0 Å². The third-order valence-corrected chi connectivity index (χ3v) is 2.34. The molecule has 0 spiro atoms. The van der Waals surface area contributed by atoms with Gasteiger partial charge in [0.25, 0.3) is 5.91 Å². The quantitative estimate of drug-likeness (QED) is 0.719. The number of hydrogen-bond acceptors (Lipinski definition) is 2. The number of amides is 1. The van der Waals surface area contributed by atoms with Crippen LogP contribution in [0, 0.1) is 0 Å². The van der Waals surface area contributed by atoms with Gasteiger partial charge in [-0.05, 0) is 23.8 Å². The first-order valence-corrected chi connectivity index (χ1v) is 4.21. The van der Waals surface area contributed by atoms with Gasteiger partial charge in [-0.15, -0.1) is 0 Å². The number of nitrogens with zero attached hydrogens (tertiary/aromatic N) is 1. The zero-order valence-electron chi connectivity index (χ0n) is 7.65. The normalized spacial score (nSPS) is 14.4. The lowest BCUT2D eigenvalue weighted by Crippen LogP contribution is -2.17. The molecule has 1 aromatic carbocycles. The van der Waals surface area contributed by atoms with E-state index in [-0.39, 0.29) is 11.5 Å². The van der Waals surface area contributed by atoms with Gasteiger partial charge in [-0.25, -0.2) is 4.79 Å². The van der Waals surface area contributed by atoms with Gasteiger partial charge >= 0.3 is 5.97 Å². The van der Waals surface area contributed by atoms with Crippen molar-refractivity contribution >= 4 is 11.9 Å². The summed E-state index contributed by atoms with van der Waals surface area (Å²) in [7, 11) is 1.70. The number of carbonyl (C=O) groups excluding carboxylic acids is 1. The molecule has 1 aliphatic heterocycles. The van der Waals surface area contributed by atoms with Crippen LogP contribution in [0.1, 0.15) is 26.3 Å². The highest BCUT2D eigenvalue weighted by Gasteiger charge is 2.24. The van der Waals surface area contributed by atoms with E-state index in [4.69, 9.17) is 5.11 Å². The van der Waals surface area contributed by atoms with Gasteiger partial charge in [0.2, 0.25) is 0 Å². The molecular formula is C10H9NO3.